The number of carbonyl (C=O) groups excluding carboxylic acids is 1. The third-order valence-corrected chi connectivity index (χ3v) is 2.88. The lowest BCUT2D eigenvalue weighted by atomic mass is 9.96. The molecule has 0 fully saturated rings. The van der Waals surface area contributed by atoms with E-state index < -0.39 is 5.54 Å². The van der Waals surface area contributed by atoms with Gasteiger partial charge in [-0.25, -0.2) is 4.39 Å². The molecule has 0 saturated heterocycles. The van der Waals surface area contributed by atoms with Gasteiger partial charge in [-0.1, -0.05) is 12.1 Å². The highest BCUT2D eigenvalue weighted by Crippen LogP contribution is 2.08. The Hall–Kier alpha value is -1.42. The fourth-order valence-corrected chi connectivity index (χ4v) is 1.31. The first-order chi connectivity index (χ1) is 7.81. The predicted octanol–water partition coefficient (Wildman–Crippen LogP) is 1.61. The molecule has 17 heavy (non-hydrogen) atoms. The van der Waals surface area contributed by atoms with E-state index in [0.717, 1.165) is 5.56 Å². The summed E-state index contributed by atoms with van der Waals surface area (Å²) in [7, 11) is 0. The molecule has 1 amide bonds. The summed E-state index contributed by atoms with van der Waals surface area (Å²) < 4.78 is 12.7. The molecule has 94 valence electrons. The lowest BCUT2D eigenvalue weighted by Gasteiger charge is -2.30. The Morgan fingerprint density at radius 3 is 2.41 bits per heavy atom. The molecule has 1 aromatic rings. The summed E-state index contributed by atoms with van der Waals surface area (Å²) in [5.41, 5.74) is 6.10. The van der Waals surface area contributed by atoms with Crippen LogP contribution < -0.4 is 11.1 Å². The molecule has 0 aliphatic carbocycles. The van der Waals surface area contributed by atoms with Crippen molar-refractivity contribution in [1.82, 2.24) is 5.32 Å². The van der Waals surface area contributed by atoms with Crippen LogP contribution in [0.2, 0.25) is 0 Å². The van der Waals surface area contributed by atoms with Crippen LogP contribution in [0.15, 0.2) is 24.3 Å². The highest BCUT2D eigenvalue weighted by atomic mass is 19.1. The van der Waals surface area contributed by atoms with Gasteiger partial charge in [0.15, 0.2) is 0 Å². The second-order valence-electron chi connectivity index (χ2n) is 4.86. The van der Waals surface area contributed by atoms with Gasteiger partial charge in [0, 0.05) is 11.6 Å². The number of rotatable bonds is 4. The van der Waals surface area contributed by atoms with Gasteiger partial charge in [-0.3, -0.25) is 4.79 Å². The van der Waals surface area contributed by atoms with Crippen LogP contribution in [0.1, 0.15) is 26.3 Å². The molecule has 0 aliphatic heterocycles. The van der Waals surface area contributed by atoms with E-state index in [2.05, 4.69) is 5.32 Å². The van der Waals surface area contributed by atoms with Crippen molar-refractivity contribution in [2.45, 2.75) is 38.8 Å². The monoisotopic (exact) mass is 238 g/mol. The number of amides is 1. The Morgan fingerprint density at radius 2 is 1.94 bits per heavy atom. The largest absolute Gasteiger partial charge is 0.349 e. The maximum atomic E-state index is 12.7. The Labute approximate surface area is 101 Å². The van der Waals surface area contributed by atoms with Crippen LogP contribution in [0.25, 0.3) is 0 Å². The van der Waals surface area contributed by atoms with Crippen molar-refractivity contribution >= 4 is 5.91 Å². The maximum absolute atomic E-state index is 12.7. The van der Waals surface area contributed by atoms with Gasteiger partial charge in [0.1, 0.15) is 5.82 Å². The van der Waals surface area contributed by atoms with Crippen molar-refractivity contribution < 1.29 is 9.18 Å². The number of hydrogen-bond acceptors (Lipinski definition) is 2. The van der Waals surface area contributed by atoms with Crippen LogP contribution in [0.4, 0.5) is 4.39 Å². The van der Waals surface area contributed by atoms with Gasteiger partial charge in [0.25, 0.3) is 0 Å². The molecular weight excluding hydrogens is 219 g/mol. The van der Waals surface area contributed by atoms with Gasteiger partial charge >= 0.3 is 0 Å². The average molecular weight is 238 g/mol. The number of carbonyl (C=O) groups is 1. The first-order valence-corrected chi connectivity index (χ1v) is 5.62. The van der Waals surface area contributed by atoms with Crippen LogP contribution >= 0.6 is 0 Å². The van der Waals surface area contributed by atoms with Crippen molar-refractivity contribution in [1.29, 1.82) is 0 Å². The standard InChI is InChI=1S/C13H19FN2O/c1-9(15)13(2,3)16-12(17)8-10-4-6-11(14)7-5-10/h4-7,9H,8,15H2,1-3H3,(H,16,17). The van der Waals surface area contributed by atoms with E-state index in [1.54, 1.807) is 12.1 Å². The second-order valence-corrected chi connectivity index (χ2v) is 4.86. The van der Waals surface area contributed by atoms with Crippen molar-refractivity contribution in [2.75, 3.05) is 0 Å². The molecule has 0 heterocycles. The average Bonchev–Trinajstić information content (AvgIpc) is 2.20. The van der Waals surface area contributed by atoms with Crippen LogP contribution in [0.5, 0.6) is 0 Å². The molecule has 1 atom stereocenters. The number of benzene rings is 1. The van der Waals surface area contributed by atoms with Crippen molar-refractivity contribution in [3.63, 3.8) is 0 Å². The Morgan fingerprint density at radius 1 is 1.41 bits per heavy atom. The minimum Gasteiger partial charge on any atom is -0.349 e. The van der Waals surface area contributed by atoms with Crippen LogP contribution in [0.3, 0.4) is 0 Å². The van der Waals surface area contributed by atoms with Gasteiger partial charge in [0.05, 0.1) is 6.42 Å². The highest BCUT2D eigenvalue weighted by molar-refractivity contribution is 5.79. The quantitative estimate of drug-likeness (QED) is 0.837. The molecule has 1 aromatic carbocycles. The van der Waals surface area contributed by atoms with E-state index in [9.17, 15) is 9.18 Å². The molecular formula is C13H19FN2O. The third-order valence-electron chi connectivity index (χ3n) is 2.88. The van der Waals surface area contributed by atoms with Crippen molar-refractivity contribution in [2.24, 2.45) is 5.73 Å². The molecule has 1 unspecified atom stereocenters. The fourth-order valence-electron chi connectivity index (χ4n) is 1.31. The summed E-state index contributed by atoms with van der Waals surface area (Å²) in [4.78, 5) is 11.8. The maximum Gasteiger partial charge on any atom is 0.224 e. The molecule has 1 rings (SSSR count). The smallest absolute Gasteiger partial charge is 0.224 e. The van der Waals surface area contributed by atoms with E-state index in [4.69, 9.17) is 5.73 Å². The number of nitrogens with one attached hydrogen (secondary N) is 1. The van der Waals surface area contributed by atoms with Crippen LogP contribution in [0, 0.1) is 5.82 Å². The zero-order valence-electron chi connectivity index (χ0n) is 10.5. The normalized spacial score (nSPS) is 13.2. The molecule has 3 nitrogen and oxygen atoms in total. The summed E-state index contributed by atoms with van der Waals surface area (Å²) in [5, 5.41) is 2.86. The minimum absolute atomic E-state index is 0.112. The lowest BCUT2D eigenvalue weighted by molar-refractivity contribution is -0.122. The summed E-state index contributed by atoms with van der Waals surface area (Å²) in [6.07, 6.45) is 0.233. The molecule has 0 bridgehead atoms. The van der Waals surface area contributed by atoms with Crippen LogP contribution in [-0.2, 0) is 11.2 Å². The van der Waals surface area contributed by atoms with Crippen molar-refractivity contribution in [3.05, 3.63) is 35.6 Å². The highest BCUT2D eigenvalue weighted by Gasteiger charge is 2.24. The first kappa shape index (κ1) is 13.6. The summed E-state index contributed by atoms with van der Waals surface area (Å²) in [6.45, 7) is 5.60. The van der Waals surface area contributed by atoms with Gasteiger partial charge in [-0.2, -0.15) is 0 Å². The Bertz CT molecular complexity index is 385. The van der Waals surface area contributed by atoms with E-state index in [0.29, 0.717) is 0 Å². The van der Waals surface area contributed by atoms with Crippen molar-refractivity contribution in [3.8, 4) is 0 Å². The lowest BCUT2D eigenvalue weighted by Crippen LogP contribution is -2.54. The molecule has 0 radical (unpaired) electrons. The van der Waals surface area contributed by atoms with Gasteiger partial charge in [-0.05, 0) is 38.5 Å². The fraction of sp³-hybridized carbons (Fsp3) is 0.462. The number of halogens is 1. The predicted molar refractivity (Wildman–Crippen MR) is 66.0 cm³/mol. The zero-order valence-corrected chi connectivity index (χ0v) is 10.5. The van der Waals surface area contributed by atoms with E-state index in [1.165, 1.54) is 12.1 Å². The van der Waals surface area contributed by atoms with Gasteiger partial charge in [0.2, 0.25) is 5.91 Å². The summed E-state index contributed by atoms with van der Waals surface area (Å²) in [6, 6.07) is 5.76. The Kier molecular flexibility index (Phi) is 4.23. The van der Waals surface area contributed by atoms with E-state index in [-0.39, 0.29) is 24.2 Å². The molecule has 4 heteroatoms. The molecule has 3 N–H and O–H groups in total. The molecule has 0 saturated carbocycles. The second kappa shape index (κ2) is 5.27. The summed E-state index contributed by atoms with van der Waals surface area (Å²) >= 11 is 0. The third kappa shape index (κ3) is 4.15. The molecule has 0 aliphatic rings. The number of hydrogen-bond donors (Lipinski definition) is 2. The zero-order chi connectivity index (χ0) is 13.1. The van der Waals surface area contributed by atoms with Gasteiger partial charge in [-0.15, -0.1) is 0 Å². The van der Waals surface area contributed by atoms with E-state index in [1.807, 2.05) is 20.8 Å². The van der Waals surface area contributed by atoms with Gasteiger partial charge < -0.3 is 11.1 Å². The Balaban J connectivity index is 2.59. The summed E-state index contributed by atoms with van der Waals surface area (Å²) in [5.74, 6) is -0.413. The molecule has 0 aromatic heterocycles. The topological polar surface area (TPSA) is 55.1 Å². The first-order valence-electron chi connectivity index (χ1n) is 5.62. The van der Waals surface area contributed by atoms with E-state index >= 15 is 0 Å². The minimum atomic E-state index is -0.447. The van der Waals surface area contributed by atoms with Crippen LogP contribution in [-0.4, -0.2) is 17.5 Å². The SMILES string of the molecule is CC(N)C(C)(C)NC(=O)Cc1ccc(F)cc1. The molecule has 0 spiro atoms. The number of nitrogens with two attached hydrogens (primary N) is 1.